The lowest BCUT2D eigenvalue weighted by atomic mass is 10.2. The van der Waals surface area contributed by atoms with E-state index in [4.69, 9.17) is 11.6 Å². The number of aromatic nitrogens is 1. The molecule has 0 unspecified atom stereocenters. The molecule has 0 saturated carbocycles. The first-order valence-electron chi connectivity index (χ1n) is 4.21. The van der Waals surface area contributed by atoms with Gasteiger partial charge in [0, 0.05) is 27.4 Å². The number of alkyl halides is 1. The molecule has 1 heterocycles. The van der Waals surface area contributed by atoms with Crippen molar-refractivity contribution in [2.75, 3.05) is 5.88 Å². The predicted molar refractivity (Wildman–Crippen MR) is 59.6 cm³/mol. The summed E-state index contributed by atoms with van der Waals surface area (Å²) in [4.78, 5) is 5.38. The molecule has 1 aromatic heterocycles. The first-order chi connectivity index (χ1) is 6.03. The van der Waals surface area contributed by atoms with Crippen LogP contribution < -0.4 is 0 Å². The van der Waals surface area contributed by atoms with Gasteiger partial charge in [-0.05, 0) is 32.9 Å². The van der Waals surface area contributed by atoms with Crippen molar-refractivity contribution in [3.8, 4) is 0 Å². The first kappa shape index (κ1) is 10.9. The maximum absolute atomic E-state index is 5.85. The van der Waals surface area contributed by atoms with E-state index in [1.807, 2.05) is 19.2 Å². The third-order valence-electron chi connectivity index (χ3n) is 1.58. The Balaban J connectivity index is 2.74. The summed E-state index contributed by atoms with van der Waals surface area (Å²) in [5.74, 6) is 0.652. The molecule has 3 heteroatoms. The van der Waals surface area contributed by atoms with E-state index in [0.717, 1.165) is 5.69 Å². The van der Waals surface area contributed by atoms with Crippen LogP contribution in [0.4, 0.5) is 0 Å². The molecule has 1 aromatic rings. The lowest BCUT2D eigenvalue weighted by Crippen LogP contribution is -2.16. The highest BCUT2D eigenvalue weighted by molar-refractivity contribution is 8.00. The van der Waals surface area contributed by atoms with Crippen molar-refractivity contribution in [1.82, 2.24) is 4.98 Å². The lowest BCUT2D eigenvalue weighted by molar-refractivity contribution is 0.811. The fraction of sp³-hybridized carbons (Fsp3) is 0.500. The molecular formula is C10H14ClNS. The van der Waals surface area contributed by atoms with Crippen LogP contribution in [0.5, 0.6) is 0 Å². The van der Waals surface area contributed by atoms with Crippen molar-refractivity contribution < 1.29 is 0 Å². The molecule has 0 amide bonds. The minimum atomic E-state index is 0.0926. The minimum absolute atomic E-state index is 0.0926. The summed E-state index contributed by atoms with van der Waals surface area (Å²) in [5.41, 5.74) is 1.05. The second-order valence-corrected chi connectivity index (χ2v) is 5.68. The van der Waals surface area contributed by atoms with Crippen LogP contribution in [0, 0.1) is 6.92 Å². The molecule has 0 aromatic carbocycles. The third-order valence-corrected chi connectivity index (χ3v) is 3.60. The number of thioether (sulfide) groups is 1. The molecule has 0 N–H and O–H groups in total. The summed E-state index contributed by atoms with van der Waals surface area (Å²) in [5, 5.41) is 0. The van der Waals surface area contributed by atoms with Gasteiger partial charge < -0.3 is 0 Å². The summed E-state index contributed by atoms with van der Waals surface area (Å²) < 4.78 is 0.0926. The van der Waals surface area contributed by atoms with Crippen molar-refractivity contribution in [3.63, 3.8) is 0 Å². The SMILES string of the molecule is Cc1cc(SC(C)(C)CCl)ccn1. The number of halogens is 1. The van der Waals surface area contributed by atoms with Gasteiger partial charge in [0.2, 0.25) is 0 Å². The fourth-order valence-corrected chi connectivity index (χ4v) is 2.14. The number of rotatable bonds is 3. The summed E-state index contributed by atoms with van der Waals surface area (Å²) in [6, 6.07) is 4.10. The topological polar surface area (TPSA) is 12.9 Å². The molecule has 0 fully saturated rings. The summed E-state index contributed by atoms with van der Waals surface area (Å²) in [7, 11) is 0. The molecule has 72 valence electrons. The Hall–Kier alpha value is -0.210. The van der Waals surface area contributed by atoms with Crippen LogP contribution in [-0.2, 0) is 0 Å². The van der Waals surface area contributed by atoms with Gasteiger partial charge in [0.1, 0.15) is 0 Å². The Kier molecular flexibility index (Phi) is 3.63. The Bertz CT molecular complexity index is 286. The monoisotopic (exact) mass is 215 g/mol. The van der Waals surface area contributed by atoms with Crippen molar-refractivity contribution in [2.45, 2.75) is 30.4 Å². The van der Waals surface area contributed by atoms with E-state index < -0.39 is 0 Å². The van der Waals surface area contributed by atoms with Crippen LogP contribution >= 0.6 is 23.4 Å². The van der Waals surface area contributed by atoms with Crippen LogP contribution in [0.1, 0.15) is 19.5 Å². The molecule has 0 spiro atoms. The van der Waals surface area contributed by atoms with Crippen molar-refractivity contribution in [2.24, 2.45) is 0 Å². The molecule has 0 aliphatic carbocycles. The van der Waals surface area contributed by atoms with Gasteiger partial charge in [-0.1, -0.05) is 0 Å². The summed E-state index contributed by atoms with van der Waals surface area (Å²) >= 11 is 7.63. The first-order valence-corrected chi connectivity index (χ1v) is 5.56. The van der Waals surface area contributed by atoms with Crippen LogP contribution in [-0.4, -0.2) is 15.6 Å². The molecule has 0 atom stereocenters. The van der Waals surface area contributed by atoms with Gasteiger partial charge in [0.05, 0.1) is 0 Å². The molecule has 13 heavy (non-hydrogen) atoms. The van der Waals surface area contributed by atoms with Gasteiger partial charge in [-0.3, -0.25) is 4.98 Å². The highest BCUT2D eigenvalue weighted by atomic mass is 35.5. The van der Waals surface area contributed by atoms with E-state index in [0.29, 0.717) is 5.88 Å². The van der Waals surface area contributed by atoms with Gasteiger partial charge in [-0.25, -0.2) is 0 Å². The van der Waals surface area contributed by atoms with E-state index in [9.17, 15) is 0 Å². The van der Waals surface area contributed by atoms with E-state index in [1.165, 1.54) is 4.90 Å². The smallest absolute Gasteiger partial charge is 0.0383 e. The van der Waals surface area contributed by atoms with Crippen LogP contribution in [0.25, 0.3) is 0 Å². The van der Waals surface area contributed by atoms with Gasteiger partial charge in [0.25, 0.3) is 0 Å². The molecule has 0 aliphatic heterocycles. The van der Waals surface area contributed by atoms with Gasteiger partial charge in [0.15, 0.2) is 0 Å². The second kappa shape index (κ2) is 4.34. The Morgan fingerprint density at radius 3 is 2.77 bits per heavy atom. The zero-order valence-electron chi connectivity index (χ0n) is 8.17. The molecule has 0 bridgehead atoms. The second-order valence-electron chi connectivity index (χ2n) is 3.63. The maximum Gasteiger partial charge on any atom is 0.0383 e. The summed E-state index contributed by atoms with van der Waals surface area (Å²) in [6.07, 6.45) is 1.84. The van der Waals surface area contributed by atoms with Crippen molar-refractivity contribution in [1.29, 1.82) is 0 Å². The molecule has 0 aliphatic rings. The number of nitrogens with zero attached hydrogens (tertiary/aromatic N) is 1. The Morgan fingerprint density at radius 1 is 1.54 bits per heavy atom. The molecular weight excluding hydrogens is 202 g/mol. The normalized spacial score (nSPS) is 11.7. The number of pyridine rings is 1. The molecule has 0 radical (unpaired) electrons. The quantitative estimate of drug-likeness (QED) is 0.566. The number of hydrogen-bond donors (Lipinski definition) is 0. The molecule has 1 rings (SSSR count). The minimum Gasteiger partial charge on any atom is -0.262 e. The lowest BCUT2D eigenvalue weighted by Gasteiger charge is -2.20. The average Bonchev–Trinajstić information content (AvgIpc) is 2.03. The van der Waals surface area contributed by atoms with Crippen LogP contribution in [0.2, 0.25) is 0 Å². The van der Waals surface area contributed by atoms with E-state index in [-0.39, 0.29) is 4.75 Å². The van der Waals surface area contributed by atoms with E-state index >= 15 is 0 Å². The number of aryl methyl sites for hydroxylation is 1. The standard InChI is InChI=1S/C10H14ClNS/c1-8-6-9(4-5-12-8)13-10(2,3)7-11/h4-6H,7H2,1-3H3. The van der Waals surface area contributed by atoms with E-state index in [2.05, 4.69) is 24.9 Å². The largest absolute Gasteiger partial charge is 0.262 e. The number of hydrogen-bond acceptors (Lipinski definition) is 2. The van der Waals surface area contributed by atoms with Gasteiger partial charge in [-0.2, -0.15) is 0 Å². The van der Waals surface area contributed by atoms with Crippen molar-refractivity contribution >= 4 is 23.4 Å². The Labute approximate surface area is 88.9 Å². The highest BCUT2D eigenvalue weighted by Gasteiger charge is 2.17. The predicted octanol–water partition coefficient (Wildman–Crippen LogP) is 3.50. The highest BCUT2D eigenvalue weighted by Crippen LogP contribution is 2.33. The van der Waals surface area contributed by atoms with Crippen LogP contribution in [0.15, 0.2) is 23.2 Å². The maximum atomic E-state index is 5.85. The van der Waals surface area contributed by atoms with Gasteiger partial charge >= 0.3 is 0 Å². The fourth-order valence-electron chi connectivity index (χ4n) is 0.929. The van der Waals surface area contributed by atoms with Crippen LogP contribution in [0.3, 0.4) is 0 Å². The Morgan fingerprint density at radius 2 is 2.23 bits per heavy atom. The third kappa shape index (κ3) is 3.57. The molecule has 0 saturated heterocycles. The zero-order chi connectivity index (χ0) is 9.90. The molecule has 1 nitrogen and oxygen atoms in total. The zero-order valence-corrected chi connectivity index (χ0v) is 9.75. The van der Waals surface area contributed by atoms with Gasteiger partial charge in [-0.15, -0.1) is 23.4 Å². The average molecular weight is 216 g/mol. The van der Waals surface area contributed by atoms with E-state index in [1.54, 1.807) is 11.8 Å². The van der Waals surface area contributed by atoms with Crippen molar-refractivity contribution in [3.05, 3.63) is 24.0 Å². The summed E-state index contributed by atoms with van der Waals surface area (Å²) in [6.45, 7) is 6.28.